The third kappa shape index (κ3) is 3.35. The highest BCUT2D eigenvalue weighted by atomic mass is 32.2. The largest absolute Gasteiger partial charge is 0.399 e. The van der Waals surface area contributed by atoms with Gasteiger partial charge in [-0.3, -0.25) is 0 Å². The van der Waals surface area contributed by atoms with E-state index in [4.69, 9.17) is 5.73 Å². The van der Waals surface area contributed by atoms with Gasteiger partial charge in [-0.25, -0.2) is 13.1 Å². The summed E-state index contributed by atoms with van der Waals surface area (Å²) in [6.07, 6.45) is 1.13. The summed E-state index contributed by atoms with van der Waals surface area (Å²) in [4.78, 5) is 0. The van der Waals surface area contributed by atoms with Crippen molar-refractivity contribution >= 4 is 15.7 Å². The molecule has 3 N–H and O–H groups in total. The Kier molecular flexibility index (Phi) is 3.13. The second-order valence-electron chi connectivity index (χ2n) is 3.28. The van der Waals surface area contributed by atoms with Crippen molar-refractivity contribution in [3.8, 4) is 0 Å². The molecule has 14 heavy (non-hydrogen) atoms. The van der Waals surface area contributed by atoms with E-state index in [1.54, 1.807) is 25.1 Å². The van der Waals surface area contributed by atoms with Gasteiger partial charge in [-0.1, -0.05) is 12.1 Å². The van der Waals surface area contributed by atoms with Gasteiger partial charge < -0.3 is 5.73 Å². The predicted octanol–water partition coefficient (Wildman–Crippen LogP) is 0.879. The molecule has 0 aliphatic heterocycles. The van der Waals surface area contributed by atoms with E-state index in [1.807, 2.05) is 6.07 Å². The molecule has 0 spiro atoms. The van der Waals surface area contributed by atoms with Crippen LogP contribution in [0.15, 0.2) is 24.3 Å². The standard InChI is InChI=1S/C9H14N2O2S/c1-7(11-14(2,12)13)8-4-3-5-9(10)6-8/h3-7,11H,10H2,1-2H3. The summed E-state index contributed by atoms with van der Waals surface area (Å²) in [5.41, 5.74) is 7.07. The fourth-order valence-corrected chi connectivity index (χ4v) is 2.00. The van der Waals surface area contributed by atoms with Gasteiger partial charge in [0.15, 0.2) is 0 Å². The SMILES string of the molecule is CC(NS(C)(=O)=O)c1cccc(N)c1. The molecule has 5 heteroatoms. The molecule has 0 aliphatic carbocycles. The molecule has 0 aromatic heterocycles. The third-order valence-electron chi connectivity index (χ3n) is 1.80. The van der Waals surface area contributed by atoms with Crippen molar-refractivity contribution in [2.45, 2.75) is 13.0 Å². The molecule has 0 saturated heterocycles. The van der Waals surface area contributed by atoms with Gasteiger partial charge in [0.05, 0.1) is 6.26 Å². The Morgan fingerprint density at radius 1 is 1.43 bits per heavy atom. The number of hydrogen-bond acceptors (Lipinski definition) is 3. The summed E-state index contributed by atoms with van der Waals surface area (Å²) in [6.45, 7) is 1.77. The van der Waals surface area contributed by atoms with Gasteiger partial charge >= 0.3 is 0 Å². The molecular formula is C9H14N2O2S. The number of anilines is 1. The maximum Gasteiger partial charge on any atom is 0.209 e. The van der Waals surface area contributed by atoms with E-state index < -0.39 is 10.0 Å². The average Bonchev–Trinajstić information content (AvgIpc) is 2.01. The molecule has 0 saturated carbocycles. The summed E-state index contributed by atoms with van der Waals surface area (Å²) >= 11 is 0. The van der Waals surface area contributed by atoms with Crippen LogP contribution in [0.3, 0.4) is 0 Å². The number of rotatable bonds is 3. The Hall–Kier alpha value is -1.07. The number of sulfonamides is 1. The van der Waals surface area contributed by atoms with E-state index in [0.717, 1.165) is 11.8 Å². The van der Waals surface area contributed by atoms with Crippen molar-refractivity contribution in [1.29, 1.82) is 0 Å². The number of benzene rings is 1. The lowest BCUT2D eigenvalue weighted by Gasteiger charge is -2.12. The zero-order valence-corrected chi connectivity index (χ0v) is 9.01. The highest BCUT2D eigenvalue weighted by molar-refractivity contribution is 7.88. The van der Waals surface area contributed by atoms with Crippen molar-refractivity contribution in [2.24, 2.45) is 0 Å². The molecule has 0 aliphatic rings. The number of hydrogen-bond donors (Lipinski definition) is 2. The molecule has 1 atom stereocenters. The van der Waals surface area contributed by atoms with E-state index in [1.165, 1.54) is 0 Å². The van der Waals surface area contributed by atoms with Crippen molar-refractivity contribution in [3.63, 3.8) is 0 Å². The van der Waals surface area contributed by atoms with Gasteiger partial charge in [-0.15, -0.1) is 0 Å². The maximum absolute atomic E-state index is 11.0. The van der Waals surface area contributed by atoms with Crippen LogP contribution in [0.1, 0.15) is 18.5 Å². The molecule has 0 bridgehead atoms. The molecule has 0 heterocycles. The quantitative estimate of drug-likeness (QED) is 0.734. The third-order valence-corrected chi connectivity index (χ3v) is 2.58. The first-order valence-electron chi connectivity index (χ1n) is 4.21. The Labute approximate surface area is 84.2 Å². The van der Waals surface area contributed by atoms with Crippen LogP contribution in [0.2, 0.25) is 0 Å². The maximum atomic E-state index is 11.0. The summed E-state index contributed by atoms with van der Waals surface area (Å²) in [6, 6.07) is 6.89. The molecule has 0 amide bonds. The molecule has 1 aromatic rings. The molecular weight excluding hydrogens is 200 g/mol. The zero-order chi connectivity index (χ0) is 10.8. The topological polar surface area (TPSA) is 72.2 Å². The lowest BCUT2D eigenvalue weighted by molar-refractivity contribution is 0.573. The van der Waals surface area contributed by atoms with Crippen LogP contribution in [0, 0.1) is 0 Å². The molecule has 0 fully saturated rings. The van der Waals surface area contributed by atoms with Crippen LogP contribution < -0.4 is 10.5 Å². The second-order valence-corrected chi connectivity index (χ2v) is 5.06. The molecule has 1 rings (SSSR count). The molecule has 1 aromatic carbocycles. The van der Waals surface area contributed by atoms with Gasteiger partial charge in [0.25, 0.3) is 0 Å². The first kappa shape index (κ1) is 11.0. The van der Waals surface area contributed by atoms with E-state index in [0.29, 0.717) is 5.69 Å². The van der Waals surface area contributed by atoms with Gasteiger partial charge in [-0.05, 0) is 24.6 Å². The minimum Gasteiger partial charge on any atom is -0.399 e. The Balaban J connectivity index is 2.85. The molecule has 4 nitrogen and oxygen atoms in total. The van der Waals surface area contributed by atoms with Crippen molar-refractivity contribution in [1.82, 2.24) is 4.72 Å². The minimum atomic E-state index is -3.18. The fraction of sp³-hybridized carbons (Fsp3) is 0.333. The van der Waals surface area contributed by atoms with E-state index >= 15 is 0 Å². The van der Waals surface area contributed by atoms with Gasteiger partial charge in [0, 0.05) is 11.7 Å². The average molecular weight is 214 g/mol. The van der Waals surface area contributed by atoms with Gasteiger partial charge in [0.1, 0.15) is 0 Å². The van der Waals surface area contributed by atoms with E-state index in [-0.39, 0.29) is 6.04 Å². The first-order chi connectivity index (χ1) is 6.38. The van der Waals surface area contributed by atoms with Crippen LogP contribution in [-0.2, 0) is 10.0 Å². The van der Waals surface area contributed by atoms with Crippen LogP contribution in [-0.4, -0.2) is 14.7 Å². The number of nitrogens with two attached hydrogens (primary N) is 1. The van der Waals surface area contributed by atoms with Crippen LogP contribution in [0.5, 0.6) is 0 Å². The summed E-state index contributed by atoms with van der Waals surface area (Å²) in [5.74, 6) is 0. The highest BCUT2D eigenvalue weighted by Crippen LogP contribution is 2.15. The monoisotopic (exact) mass is 214 g/mol. The van der Waals surface area contributed by atoms with Crippen molar-refractivity contribution in [3.05, 3.63) is 29.8 Å². The van der Waals surface area contributed by atoms with Gasteiger partial charge in [-0.2, -0.15) is 0 Å². The second kappa shape index (κ2) is 3.98. The molecule has 78 valence electrons. The summed E-state index contributed by atoms with van der Waals surface area (Å²) in [7, 11) is -3.18. The lowest BCUT2D eigenvalue weighted by atomic mass is 10.1. The number of nitrogens with one attached hydrogen (secondary N) is 1. The van der Waals surface area contributed by atoms with Crippen LogP contribution in [0.4, 0.5) is 5.69 Å². The number of nitrogen functional groups attached to an aromatic ring is 1. The molecule has 0 radical (unpaired) electrons. The zero-order valence-electron chi connectivity index (χ0n) is 8.19. The smallest absolute Gasteiger partial charge is 0.209 e. The Bertz CT molecular complexity index is 415. The predicted molar refractivity (Wildman–Crippen MR) is 57.2 cm³/mol. The van der Waals surface area contributed by atoms with Crippen LogP contribution >= 0.6 is 0 Å². The summed E-state index contributed by atoms with van der Waals surface area (Å²) < 4.78 is 24.4. The van der Waals surface area contributed by atoms with Crippen molar-refractivity contribution in [2.75, 3.05) is 12.0 Å². The first-order valence-corrected chi connectivity index (χ1v) is 6.10. The Morgan fingerprint density at radius 3 is 2.57 bits per heavy atom. The normalized spacial score (nSPS) is 13.9. The van der Waals surface area contributed by atoms with Crippen molar-refractivity contribution < 1.29 is 8.42 Å². The van der Waals surface area contributed by atoms with E-state index in [9.17, 15) is 8.42 Å². The fourth-order valence-electron chi connectivity index (χ4n) is 1.22. The van der Waals surface area contributed by atoms with Gasteiger partial charge in [0.2, 0.25) is 10.0 Å². The van der Waals surface area contributed by atoms with Crippen LogP contribution in [0.25, 0.3) is 0 Å². The Morgan fingerprint density at radius 2 is 2.07 bits per heavy atom. The molecule has 1 unspecified atom stereocenters. The minimum absolute atomic E-state index is 0.256. The highest BCUT2D eigenvalue weighted by Gasteiger charge is 2.10. The summed E-state index contributed by atoms with van der Waals surface area (Å²) in [5, 5.41) is 0. The lowest BCUT2D eigenvalue weighted by Crippen LogP contribution is -2.25. The van der Waals surface area contributed by atoms with E-state index in [2.05, 4.69) is 4.72 Å².